The highest BCUT2D eigenvalue weighted by molar-refractivity contribution is 7.89. The predicted molar refractivity (Wildman–Crippen MR) is 94.2 cm³/mol. The largest absolute Gasteiger partial charge is 0.479 e. The van der Waals surface area contributed by atoms with Gasteiger partial charge in [-0.1, -0.05) is 23.8 Å². The van der Waals surface area contributed by atoms with Crippen LogP contribution >= 0.6 is 0 Å². The second kappa shape index (κ2) is 8.29. The molecule has 0 aliphatic rings. The number of carboxylic acids is 1. The molecule has 1 atom stereocenters. The molecule has 0 amide bonds. The van der Waals surface area contributed by atoms with Crippen LogP contribution in [0.1, 0.15) is 18.1 Å². The summed E-state index contributed by atoms with van der Waals surface area (Å²) in [6.45, 7) is 2.91. The normalized spacial score (nSPS) is 12.6. The molecule has 1 unspecified atom stereocenters. The molecule has 2 aromatic rings. The molecule has 8 heteroatoms. The van der Waals surface area contributed by atoms with Gasteiger partial charge in [-0.2, -0.15) is 0 Å². The number of hydrogen-bond acceptors (Lipinski definition) is 4. The Morgan fingerprint density at radius 1 is 1.23 bits per heavy atom. The van der Waals surface area contributed by atoms with Gasteiger partial charge in [-0.25, -0.2) is 22.3 Å². The third-order valence-electron chi connectivity index (χ3n) is 3.58. The number of carbonyl (C=O) groups is 1. The van der Waals surface area contributed by atoms with Gasteiger partial charge in [0.15, 0.2) is 18.2 Å². The standard InChI is InChI=1S/C18H20FNO5S/c1-12-3-6-15(7-4-12)26(23,24)20-13(2)9-14-5-8-17(16(19)10-14)25-11-18(21)22/h3-8,10,13,20H,9,11H2,1-2H3,(H,21,22). The lowest BCUT2D eigenvalue weighted by atomic mass is 10.1. The first-order valence-electron chi connectivity index (χ1n) is 7.89. The van der Waals surface area contributed by atoms with Gasteiger partial charge in [-0.3, -0.25) is 0 Å². The maximum atomic E-state index is 13.9. The van der Waals surface area contributed by atoms with Gasteiger partial charge in [0.2, 0.25) is 10.0 Å². The van der Waals surface area contributed by atoms with Gasteiger partial charge in [0.1, 0.15) is 0 Å². The van der Waals surface area contributed by atoms with Crippen molar-refractivity contribution in [2.75, 3.05) is 6.61 Å². The minimum atomic E-state index is -3.67. The lowest BCUT2D eigenvalue weighted by Gasteiger charge is -2.15. The molecular weight excluding hydrogens is 361 g/mol. The second-order valence-corrected chi connectivity index (χ2v) is 7.70. The van der Waals surface area contributed by atoms with Crippen molar-refractivity contribution in [3.05, 3.63) is 59.4 Å². The van der Waals surface area contributed by atoms with Gasteiger partial charge in [0.05, 0.1) is 4.90 Å². The summed E-state index contributed by atoms with van der Waals surface area (Å²) < 4.78 is 46.0. The van der Waals surface area contributed by atoms with Crippen LogP contribution in [-0.4, -0.2) is 32.1 Å². The molecule has 2 rings (SSSR count). The zero-order valence-corrected chi connectivity index (χ0v) is 15.2. The van der Waals surface area contributed by atoms with Gasteiger partial charge in [0, 0.05) is 6.04 Å². The van der Waals surface area contributed by atoms with Gasteiger partial charge in [-0.15, -0.1) is 0 Å². The number of rotatable bonds is 8. The zero-order chi connectivity index (χ0) is 19.3. The average Bonchev–Trinajstić information content (AvgIpc) is 2.53. The molecule has 0 bridgehead atoms. The fraction of sp³-hybridized carbons (Fsp3) is 0.278. The first-order valence-corrected chi connectivity index (χ1v) is 9.38. The third-order valence-corrected chi connectivity index (χ3v) is 5.18. The van der Waals surface area contributed by atoms with Crippen LogP contribution in [0.15, 0.2) is 47.4 Å². The smallest absolute Gasteiger partial charge is 0.341 e. The lowest BCUT2D eigenvalue weighted by Crippen LogP contribution is -2.34. The number of ether oxygens (including phenoxy) is 1. The number of aliphatic carboxylic acids is 1. The third kappa shape index (κ3) is 5.53. The Hall–Kier alpha value is -2.45. The summed E-state index contributed by atoms with van der Waals surface area (Å²) in [5.74, 6) is -2.06. The summed E-state index contributed by atoms with van der Waals surface area (Å²) in [7, 11) is -3.67. The maximum Gasteiger partial charge on any atom is 0.341 e. The molecule has 26 heavy (non-hydrogen) atoms. The fourth-order valence-corrected chi connectivity index (χ4v) is 3.62. The molecule has 0 spiro atoms. The summed E-state index contributed by atoms with van der Waals surface area (Å²) in [6, 6.07) is 10.1. The number of sulfonamides is 1. The molecular formula is C18H20FNO5S. The molecule has 0 saturated heterocycles. The van der Waals surface area contributed by atoms with Crippen LogP contribution in [0, 0.1) is 12.7 Å². The lowest BCUT2D eigenvalue weighted by molar-refractivity contribution is -0.139. The van der Waals surface area contributed by atoms with Crippen LogP contribution in [0.4, 0.5) is 4.39 Å². The zero-order valence-electron chi connectivity index (χ0n) is 14.4. The van der Waals surface area contributed by atoms with Crippen molar-refractivity contribution in [1.29, 1.82) is 0 Å². The monoisotopic (exact) mass is 381 g/mol. The van der Waals surface area contributed by atoms with E-state index in [1.54, 1.807) is 25.1 Å². The van der Waals surface area contributed by atoms with E-state index in [0.29, 0.717) is 5.56 Å². The number of halogens is 1. The molecule has 0 aromatic heterocycles. The van der Waals surface area contributed by atoms with E-state index in [9.17, 15) is 17.6 Å². The predicted octanol–water partition coefficient (Wildman–Crippen LogP) is 2.51. The number of carboxylic acid groups (broad SMARTS) is 1. The molecule has 0 fully saturated rings. The van der Waals surface area contributed by atoms with Gasteiger partial charge in [-0.05, 0) is 50.1 Å². The number of aryl methyl sites for hydroxylation is 1. The molecule has 0 heterocycles. The van der Waals surface area contributed by atoms with Crippen molar-refractivity contribution >= 4 is 16.0 Å². The van der Waals surface area contributed by atoms with E-state index in [0.717, 1.165) is 5.56 Å². The minimum Gasteiger partial charge on any atom is -0.479 e. The highest BCUT2D eigenvalue weighted by Crippen LogP contribution is 2.19. The summed E-state index contributed by atoms with van der Waals surface area (Å²) in [4.78, 5) is 10.6. The van der Waals surface area contributed by atoms with E-state index in [1.807, 2.05) is 6.92 Å². The van der Waals surface area contributed by atoms with Crippen molar-refractivity contribution in [1.82, 2.24) is 4.72 Å². The summed E-state index contributed by atoms with van der Waals surface area (Å²) in [5.41, 5.74) is 1.52. The molecule has 140 valence electrons. The molecule has 2 N–H and O–H groups in total. The molecule has 0 radical (unpaired) electrons. The van der Waals surface area contributed by atoms with Crippen LogP contribution in [0.25, 0.3) is 0 Å². The number of nitrogens with one attached hydrogen (secondary N) is 1. The maximum absolute atomic E-state index is 13.9. The molecule has 6 nitrogen and oxygen atoms in total. The topological polar surface area (TPSA) is 92.7 Å². The Morgan fingerprint density at radius 2 is 1.88 bits per heavy atom. The first-order chi connectivity index (χ1) is 12.2. The SMILES string of the molecule is Cc1ccc(S(=O)(=O)NC(C)Cc2ccc(OCC(=O)O)c(F)c2)cc1. The van der Waals surface area contributed by atoms with Crippen LogP contribution in [0.3, 0.4) is 0 Å². The van der Waals surface area contributed by atoms with Crippen LogP contribution in [-0.2, 0) is 21.2 Å². The summed E-state index contributed by atoms with van der Waals surface area (Å²) in [6.07, 6.45) is 0.265. The Kier molecular flexibility index (Phi) is 6.33. The van der Waals surface area contributed by atoms with Crippen molar-refractivity contribution in [2.24, 2.45) is 0 Å². The van der Waals surface area contributed by atoms with Crippen molar-refractivity contribution in [3.63, 3.8) is 0 Å². The molecule has 0 aliphatic heterocycles. The Bertz CT molecular complexity index is 881. The van der Waals surface area contributed by atoms with Gasteiger partial charge >= 0.3 is 5.97 Å². The van der Waals surface area contributed by atoms with E-state index in [-0.39, 0.29) is 17.1 Å². The quantitative estimate of drug-likeness (QED) is 0.733. The summed E-state index contributed by atoms with van der Waals surface area (Å²) in [5, 5.41) is 8.54. The van der Waals surface area contributed by atoms with E-state index < -0.39 is 34.5 Å². The van der Waals surface area contributed by atoms with E-state index in [1.165, 1.54) is 24.3 Å². The van der Waals surface area contributed by atoms with Crippen LogP contribution < -0.4 is 9.46 Å². The van der Waals surface area contributed by atoms with Crippen LogP contribution in [0.2, 0.25) is 0 Å². The average molecular weight is 381 g/mol. The van der Waals surface area contributed by atoms with Gasteiger partial charge < -0.3 is 9.84 Å². The van der Waals surface area contributed by atoms with Crippen LogP contribution in [0.5, 0.6) is 5.75 Å². The fourth-order valence-electron chi connectivity index (χ4n) is 2.37. The van der Waals surface area contributed by atoms with E-state index in [4.69, 9.17) is 9.84 Å². The molecule has 0 saturated carbocycles. The van der Waals surface area contributed by atoms with Crippen molar-refractivity contribution < 1.29 is 27.4 Å². The van der Waals surface area contributed by atoms with Gasteiger partial charge in [0.25, 0.3) is 0 Å². The molecule has 2 aromatic carbocycles. The highest BCUT2D eigenvalue weighted by Gasteiger charge is 2.18. The van der Waals surface area contributed by atoms with E-state index >= 15 is 0 Å². The van der Waals surface area contributed by atoms with E-state index in [2.05, 4.69) is 4.72 Å². The Morgan fingerprint density at radius 3 is 2.46 bits per heavy atom. The second-order valence-electron chi connectivity index (χ2n) is 5.99. The summed E-state index contributed by atoms with van der Waals surface area (Å²) >= 11 is 0. The van der Waals surface area contributed by atoms with Crippen molar-refractivity contribution in [2.45, 2.75) is 31.2 Å². The number of benzene rings is 2. The molecule has 0 aliphatic carbocycles. The Balaban J connectivity index is 2.03. The number of hydrogen-bond donors (Lipinski definition) is 2. The van der Waals surface area contributed by atoms with Crippen molar-refractivity contribution in [3.8, 4) is 5.75 Å². The highest BCUT2D eigenvalue weighted by atomic mass is 32.2. The first kappa shape index (κ1) is 19.9. The minimum absolute atomic E-state index is 0.163. The Labute approximate surface area is 151 Å².